The van der Waals surface area contributed by atoms with Crippen molar-refractivity contribution in [2.45, 2.75) is 0 Å². The number of hydrogen-bond donors (Lipinski definition) is 2. The fourth-order valence-corrected chi connectivity index (χ4v) is 4.32. The first-order chi connectivity index (χ1) is 19.0. The molecule has 2 N–H and O–H groups in total. The molecule has 6 rings (SSSR count). The normalized spacial score (nSPS) is 10.6. The van der Waals surface area contributed by atoms with Gasteiger partial charge in [-0.25, -0.2) is 19.0 Å². The number of halogens is 1. The van der Waals surface area contributed by atoms with E-state index in [0.29, 0.717) is 11.1 Å². The van der Waals surface area contributed by atoms with Crippen molar-refractivity contribution in [1.82, 2.24) is 39.8 Å². The Balaban J connectivity index is 0.000000158. The van der Waals surface area contributed by atoms with E-state index >= 15 is 0 Å². The van der Waals surface area contributed by atoms with Crippen molar-refractivity contribution in [3.8, 4) is 22.3 Å². The van der Waals surface area contributed by atoms with Gasteiger partial charge in [-0.1, -0.05) is 24.3 Å². The fraction of sp³-hybridized carbons (Fsp3) is 0.0714. The Morgan fingerprint density at radius 1 is 0.718 bits per heavy atom. The van der Waals surface area contributed by atoms with Crippen LogP contribution in [0.2, 0.25) is 0 Å². The molecule has 39 heavy (non-hydrogen) atoms. The van der Waals surface area contributed by atoms with Gasteiger partial charge in [0.1, 0.15) is 4.60 Å². The number of imidazole rings is 2. The molecule has 0 radical (unpaired) electrons. The molecule has 0 fully saturated rings. The van der Waals surface area contributed by atoms with Crippen LogP contribution in [0.1, 0.15) is 20.7 Å². The van der Waals surface area contributed by atoms with E-state index < -0.39 is 0 Å². The van der Waals surface area contributed by atoms with E-state index in [1.807, 2.05) is 48.5 Å². The molecule has 0 bridgehead atoms. The van der Waals surface area contributed by atoms with E-state index in [1.54, 1.807) is 66.2 Å². The van der Waals surface area contributed by atoms with Crippen LogP contribution in [0.25, 0.3) is 33.5 Å². The minimum Gasteiger partial charge on any atom is -0.355 e. The summed E-state index contributed by atoms with van der Waals surface area (Å²) in [5.74, 6) is -0.207. The summed E-state index contributed by atoms with van der Waals surface area (Å²) in [5, 5.41) is 13.8. The van der Waals surface area contributed by atoms with Crippen LogP contribution in [-0.4, -0.2) is 55.1 Å². The van der Waals surface area contributed by atoms with Gasteiger partial charge >= 0.3 is 0 Å². The van der Waals surface area contributed by atoms with Crippen LogP contribution < -0.4 is 10.6 Å². The molecule has 4 aromatic heterocycles. The number of nitrogens with zero attached hydrogens (tertiary/aromatic N) is 6. The van der Waals surface area contributed by atoms with Gasteiger partial charge in [0, 0.05) is 48.7 Å². The molecule has 10 nitrogen and oxygen atoms in total. The van der Waals surface area contributed by atoms with Crippen molar-refractivity contribution in [2.24, 2.45) is 0 Å². The third-order valence-electron chi connectivity index (χ3n) is 5.95. The molecule has 11 heteroatoms. The Hall–Kier alpha value is -4.90. The lowest BCUT2D eigenvalue weighted by Gasteiger charge is -2.05. The summed E-state index contributed by atoms with van der Waals surface area (Å²) in [4.78, 5) is 31.7. The lowest BCUT2D eigenvalue weighted by Crippen LogP contribution is -2.17. The van der Waals surface area contributed by atoms with Crippen molar-refractivity contribution in [1.29, 1.82) is 0 Å². The summed E-state index contributed by atoms with van der Waals surface area (Å²) in [5.41, 5.74) is 6.50. The molecule has 0 atom stereocenters. The standard InChI is InChI=1S/C14H11BrN4O.C14H12N4O/c1-16-14(20)10-4-2-3-9(5-10)11-6-13-17-8-12(15)19(13)18-7-11;1-15-14(19)11-4-2-3-10(7-11)12-8-13-16-5-6-18(13)17-9-12/h2-8H,1H3,(H,16,20);2-9H,1H3,(H,15,19). The summed E-state index contributed by atoms with van der Waals surface area (Å²) in [6.45, 7) is 0. The highest BCUT2D eigenvalue weighted by Crippen LogP contribution is 2.23. The molecule has 2 amide bonds. The third kappa shape index (κ3) is 5.53. The van der Waals surface area contributed by atoms with Gasteiger partial charge in [0.2, 0.25) is 0 Å². The first-order valence-electron chi connectivity index (χ1n) is 11.9. The van der Waals surface area contributed by atoms with E-state index in [1.165, 1.54) is 0 Å². The Labute approximate surface area is 231 Å². The topological polar surface area (TPSA) is 119 Å². The van der Waals surface area contributed by atoms with Crippen molar-refractivity contribution in [3.05, 3.63) is 107 Å². The highest BCUT2D eigenvalue weighted by Gasteiger charge is 2.08. The Morgan fingerprint density at radius 3 is 1.92 bits per heavy atom. The van der Waals surface area contributed by atoms with E-state index in [2.05, 4.69) is 46.7 Å². The Morgan fingerprint density at radius 2 is 1.31 bits per heavy atom. The van der Waals surface area contributed by atoms with Crippen LogP contribution >= 0.6 is 15.9 Å². The molecule has 0 aliphatic heterocycles. The van der Waals surface area contributed by atoms with Gasteiger partial charge in [-0.3, -0.25) is 9.59 Å². The number of carbonyl (C=O) groups is 2. The molecule has 0 unspecified atom stereocenters. The predicted molar refractivity (Wildman–Crippen MR) is 151 cm³/mol. The average Bonchev–Trinajstić information content (AvgIpc) is 3.62. The summed E-state index contributed by atoms with van der Waals surface area (Å²) in [6, 6.07) is 18.7. The second-order valence-electron chi connectivity index (χ2n) is 8.39. The smallest absolute Gasteiger partial charge is 0.251 e. The van der Waals surface area contributed by atoms with E-state index in [0.717, 1.165) is 38.2 Å². The summed E-state index contributed by atoms with van der Waals surface area (Å²) >= 11 is 3.37. The van der Waals surface area contributed by atoms with Crippen molar-refractivity contribution in [3.63, 3.8) is 0 Å². The number of nitrogens with one attached hydrogen (secondary N) is 2. The zero-order valence-electron chi connectivity index (χ0n) is 21.0. The molecular formula is C28H23BrN8O2. The maximum Gasteiger partial charge on any atom is 0.251 e. The Bertz CT molecular complexity index is 1810. The van der Waals surface area contributed by atoms with Gasteiger partial charge in [-0.2, -0.15) is 10.2 Å². The first kappa shape index (κ1) is 25.7. The molecule has 194 valence electrons. The first-order valence-corrected chi connectivity index (χ1v) is 12.7. The largest absolute Gasteiger partial charge is 0.355 e. The molecule has 0 aliphatic carbocycles. The number of carbonyl (C=O) groups excluding carboxylic acids is 2. The third-order valence-corrected chi connectivity index (χ3v) is 6.49. The number of aromatic nitrogens is 6. The number of hydrogen-bond acceptors (Lipinski definition) is 6. The SMILES string of the molecule is CNC(=O)c1cccc(-c2cnn3c(Br)cnc3c2)c1.CNC(=O)c1cccc(-c2cnn3ccnc3c2)c1. The van der Waals surface area contributed by atoms with Crippen LogP contribution in [0.15, 0.2) is 96.3 Å². The second kappa shape index (κ2) is 11.2. The number of fused-ring (bicyclic) bond motifs is 2. The van der Waals surface area contributed by atoms with Gasteiger partial charge in [-0.05, 0) is 63.5 Å². The molecular weight excluding hydrogens is 560 g/mol. The minimum absolute atomic E-state index is 0.100. The Kier molecular flexibility index (Phi) is 7.41. The molecule has 4 heterocycles. The maximum absolute atomic E-state index is 11.7. The van der Waals surface area contributed by atoms with Crippen LogP contribution in [0.4, 0.5) is 0 Å². The number of amides is 2. The van der Waals surface area contributed by atoms with E-state index in [9.17, 15) is 9.59 Å². The zero-order valence-corrected chi connectivity index (χ0v) is 22.6. The quantitative estimate of drug-likeness (QED) is 0.320. The fourth-order valence-electron chi connectivity index (χ4n) is 3.94. The average molecular weight is 583 g/mol. The van der Waals surface area contributed by atoms with Crippen LogP contribution in [-0.2, 0) is 0 Å². The van der Waals surface area contributed by atoms with Gasteiger partial charge in [0.15, 0.2) is 11.3 Å². The lowest BCUT2D eigenvalue weighted by molar-refractivity contribution is 0.0955. The van der Waals surface area contributed by atoms with Crippen LogP contribution in [0.5, 0.6) is 0 Å². The van der Waals surface area contributed by atoms with Gasteiger partial charge in [0.05, 0.1) is 18.6 Å². The predicted octanol–water partition coefficient (Wildman–Crippen LogP) is 4.27. The van der Waals surface area contributed by atoms with Crippen molar-refractivity contribution >= 4 is 39.0 Å². The maximum atomic E-state index is 11.7. The van der Waals surface area contributed by atoms with E-state index in [-0.39, 0.29) is 11.8 Å². The molecule has 0 spiro atoms. The molecule has 2 aromatic carbocycles. The molecule has 0 aliphatic rings. The highest BCUT2D eigenvalue weighted by atomic mass is 79.9. The highest BCUT2D eigenvalue weighted by molar-refractivity contribution is 9.10. The van der Waals surface area contributed by atoms with Crippen LogP contribution in [0, 0.1) is 0 Å². The monoisotopic (exact) mass is 582 g/mol. The molecule has 0 saturated heterocycles. The van der Waals surface area contributed by atoms with Crippen molar-refractivity contribution < 1.29 is 9.59 Å². The second-order valence-corrected chi connectivity index (χ2v) is 9.20. The molecule has 0 saturated carbocycles. The van der Waals surface area contributed by atoms with E-state index in [4.69, 9.17) is 0 Å². The van der Waals surface area contributed by atoms with Gasteiger partial charge in [-0.15, -0.1) is 0 Å². The number of rotatable bonds is 4. The number of benzene rings is 2. The van der Waals surface area contributed by atoms with Crippen molar-refractivity contribution in [2.75, 3.05) is 14.1 Å². The van der Waals surface area contributed by atoms with Gasteiger partial charge in [0.25, 0.3) is 11.8 Å². The minimum atomic E-state index is -0.107. The summed E-state index contributed by atoms with van der Waals surface area (Å²) in [7, 11) is 3.23. The zero-order chi connectivity index (χ0) is 27.4. The molecule has 6 aromatic rings. The lowest BCUT2D eigenvalue weighted by atomic mass is 10.0. The van der Waals surface area contributed by atoms with Crippen LogP contribution in [0.3, 0.4) is 0 Å². The van der Waals surface area contributed by atoms with Gasteiger partial charge < -0.3 is 10.6 Å². The summed E-state index contributed by atoms with van der Waals surface area (Å²) < 4.78 is 4.20. The summed E-state index contributed by atoms with van der Waals surface area (Å²) in [6.07, 6.45) is 8.71.